The lowest BCUT2D eigenvalue weighted by Gasteiger charge is -2.04. The first-order valence-electron chi connectivity index (χ1n) is 7.24. The number of aromatic amines is 1. The first-order chi connectivity index (χ1) is 11.3. The van der Waals surface area contributed by atoms with Crippen LogP contribution in [0.4, 0.5) is 0 Å². The Morgan fingerprint density at radius 1 is 1.04 bits per heavy atom. The molecule has 1 N–H and O–H groups in total. The first kappa shape index (κ1) is 13.5. The van der Waals surface area contributed by atoms with Crippen LogP contribution in [-0.2, 0) is 0 Å². The predicted molar refractivity (Wildman–Crippen MR) is 89.1 cm³/mol. The van der Waals surface area contributed by atoms with E-state index in [0.29, 0.717) is 11.6 Å². The molecular weight excluding hydrogens is 288 g/mol. The minimum Gasteiger partial charge on any atom is -0.495 e. The van der Waals surface area contributed by atoms with Gasteiger partial charge < -0.3 is 9.72 Å². The number of hydrogen-bond acceptors (Lipinski definition) is 4. The minimum absolute atomic E-state index is 0.654. The standard InChI is InChI=1S/C18H14N4O/c1-23-14-8-13(10-19-11-14)16-6-7-20-18(22-16)17-9-12-4-2-3-5-15(12)21-17/h2-11,21H,1H3. The average Bonchev–Trinajstić information content (AvgIpc) is 3.06. The van der Waals surface area contributed by atoms with Crippen LogP contribution in [0.2, 0.25) is 0 Å². The summed E-state index contributed by atoms with van der Waals surface area (Å²) in [4.78, 5) is 16.5. The molecule has 4 aromatic rings. The van der Waals surface area contributed by atoms with E-state index in [-0.39, 0.29) is 0 Å². The molecule has 5 heteroatoms. The maximum atomic E-state index is 5.22. The molecule has 0 atom stereocenters. The number of aromatic nitrogens is 4. The quantitative estimate of drug-likeness (QED) is 0.627. The molecule has 0 radical (unpaired) electrons. The summed E-state index contributed by atoms with van der Waals surface area (Å²) in [7, 11) is 1.62. The molecule has 0 fully saturated rings. The van der Waals surface area contributed by atoms with Gasteiger partial charge in [0.2, 0.25) is 0 Å². The van der Waals surface area contributed by atoms with E-state index in [2.05, 4.69) is 32.1 Å². The van der Waals surface area contributed by atoms with Crippen LogP contribution >= 0.6 is 0 Å². The van der Waals surface area contributed by atoms with Gasteiger partial charge in [-0.15, -0.1) is 0 Å². The Morgan fingerprint density at radius 2 is 1.96 bits per heavy atom. The minimum atomic E-state index is 0.654. The predicted octanol–water partition coefficient (Wildman–Crippen LogP) is 3.70. The third-order valence-corrected chi connectivity index (χ3v) is 3.67. The molecule has 0 aliphatic heterocycles. The maximum Gasteiger partial charge on any atom is 0.176 e. The lowest BCUT2D eigenvalue weighted by Crippen LogP contribution is -1.93. The van der Waals surface area contributed by atoms with E-state index in [1.807, 2.05) is 30.3 Å². The molecule has 0 saturated heterocycles. The summed E-state index contributed by atoms with van der Waals surface area (Å²) in [5.74, 6) is 1.36. The van der Waals surface area contributed by atoms with Gasteiger partial charge >= 0.3 is 0 Å². The van der Waals surface area contributed by atoms with Gasteiger partial charge in [0, 0.05) is 28.9 Å². The van der Waals surface area contributed by atoms with Gasteiger partial charge in [0.25, 0.3) is 0 Å². The summed E-state index contributed by atoms with van der Waals surface area (Å²) in [5.41, 5.74) is 3.66. The van der Waals surface area contributed by atoms with Gasteiger partial charge in [-0.2, -0.15) is 0 Å². The molecule has 0 saturated carbocycles. The number of fused-ring (bicyclic) bond motifs is 1. The van der Waals surface area contributed by atoms with E-state index in [1.165, 1.54) is 0 Å². The largest absolute Gasteiger partial charge is 0.495 e. The molecule has 23 heavy (non-hydrogen) atoms. The van der Waals surface area contributed by atoms with Gasteiger partial charge in [-0.1, -0.05) is 18.2 Å². The molecule has 3 aromatic heterocycles. The second kappa shape index (κ2) is 5.53. The highest BCUT2D eigenvalue weighted by Gasteiger charge is 2.08. The Hall–Kier alpha value is -3.21. The van der Waals surface area contributed by atoms with Crippen LogP contribution in [0.3, 0.4) is 0 Å². The molecular formula is C18H14N4O. The van der Waals surface area contributed by atoms with Crippen molar-refractivity contribution in [1.29, 1.82) is 0 Å². The van der Waals surface area contributed by atoms with Crippen molar-refractivity contribution in [2.24, 2.45) is 0 Å². The molecule has 0 unspecified atom stereocenters. The van der Waals surface area contributed by atoms with E-state index in [0.717, 1.165) is 27.9 Å². The van der Waals surface area contributed by atoms with Crippen molar-refractivity contribution in [2.45, 2.75) is 0 Å². The van der Waals surface area contributed by atoms with Crippen LogP contribution in [-0.4, -0.2) is 27.0 Å². The lowest BCUT2D eigenvalue weighted by atomic mass is 10.2. The molecule has 3 heterocycles. The Labute approximate surface area is 133 Å². The van der Waals surface area contributed by atoms with Gasteiger partial charge in [0.05, 0.1) is 24.7 Å². The number of rotatable bonds is 3. The van der Waals surface area contributed by atoms with Crippen LogP contribution in [0.1, 0.15) is 0 Å². The molecule has 0 aliphatic carbocycles. The summed E-state index contributed by atoms with van der Waals surface area (Å²) in [5, 5.41) is 1.14. The Bertz CT molecular complexity index is 944. The van der Waals surface area contributed by atoms with Crippen molar-refractivity contribution in [3.8, 4) is 28.5 Å². The fourth-order valence-corrected chi connectivity index (χ4v) is 2.51. The second-order valence-corrected chi connectivity index (χ2v) is 5.15. The maximum absolute atomic E-state index is 5.22. The SMILES string of the molecule is COc1cncc(-c2ccnc(-c3cc4ccccc4[nH]3)n2)c1. The molecule has 5 nitrogen and oxygen atoms in total. The number of nitrogens with zero attached hydrogens (tertiary/aromatic N) is 3. The highest BCUT2D eigenvalue weighted by Crippen LogP contribution is 2.25. The molecule has 0 bridgehead atoms. The molecule has 0 aliphatic rings. The molecule has 112 valence electrons. The zero-order valence-corrected chi connectivity index (χ0v) is 12.5. The third kappa shape index (κ3) is 2.53. The highest BCUT2D eigenvalue weighted by atomic mass is 16.5. The normalized spacial score (nSPS) is 10.8. The number of nitrogens with one attached hydrogen (secondary N) is 1. The van der Waals surface area contributed by atoms with E-state index in [1.54, 1.807) is 25.7 Å². The highest BCUT2D eigenvalue weighted by molar-refractivity contribution is 5.84. The average molecular weight is 302 g/mol. The van der Waals surface area contributed by atoms with E-state index in [4.69, 9.17) is 4.74 Å². The fraction of sp³-hybridized carbons (Fsp3) is 0.0556. The Balaban J connectivity index is 1.78. The van der Waals surface area contributed by atoms with E-state index in [9.17, 15) is 0 Å². The van der Waals surface area contributed by atoms with Crippen LogP contribution in [0.25, 0.3) is 33.7 Å². The number of ether oxygens (including phenoxy) is 1. The summed E-state index contributed by atoms with van der Waals surface area (Å²) in [6.45, 7) is 0. The zero-order chi connectivity index (χ0) is 15.6. The monoisotopic (exact) mass is 302 g/mol. The number of benzene rings is 1. The second-order valence-electron chi connectivity index (χ2n) is 5.15. The van der Waals surface area contributed by atoms with Crippen LogP contribution in [0, 0.1) is 0 Å². The van der Waals surface area contributed by atoms with Crippen molar-refractivity contribution in [2.75, 3.05) is 7.11 Å². The van der Waals surface area contributed by atoms with Gasteiger partial charge in [-0.05, 0) is 24.3 Å². The van der Waals surface area contributed by atoms with Crippen molar-refractivity contribution < 1.29 is 4.74 Å². The topological polar surface area (TPSA) is 63.7 Å². The van der Waals surface area contributed by atoms with E-state index >= 15 is 0 Å². The molecule has 4 rings (SSSR count). The van der Waals surface area contributed by atoms with Gasteiger partial charge in [-0.25, -0.2) is 9.97 Å². The summed E-state index contributed by atoms with van der Waals surface area (Å²) >= 11 is 0. The van der Waals surface area contributed by atoms with Crippen LogP contribution < -0.4 is 4.74 Å². The smallest absolute Gasteiger partial charge is 0.176 e. The van der Waals surface area contributed by atoms with Gasteiger partial charge in [0.1, 0.15) is 5.75 Å². The van der Waals surface area contributed by atoms with Crippen LogP contribution in [0.15, 0.2) is 61.1 Å². The van der Waals surface area contributed by atoms with Crippen molar-refractivity contribution in [1.82, 2.24) is 19.9 Å². The van der Waals surface area contributed by atoms with Crippen LogP contribution in [0.5, 0.6) is 5.75 Å². The summed E-state index contributed by atoms with van der Waals surface area (Å²) in [6.07, 6.45) is 5.19. The number of methoxy groups -OCH3 is 1. The van der Waals surface area contributed by atoms with Crippen molar-refractivity contribution >= 4 is 10.9 Å². The Morgan fingerprint density at radius 3 is 2.83 bits per heavy atom. The number of para-hydroxylation sites is 1. The molecule has 0 spiro atoms. The fourth-order valence-electron chi connectivity index (χ4n) is 2.51. The van der Waals surface area contributed by atoms with E-state index < -0.39 is 0 Å². The van der Waals surface area contributed by atoms with Gasteiger partial charge in [0.15, 0.2) is 5.82 Å². The molecule has 0 amide bonds. The lowest BCUT2D eigenvalue weighted by molar-refractivity contribution is 0.413. The van der Waals surface area contributed by atoms with Crippen molar-refractivity contribution in [3.63, 3.8) is 0 Å². The summed E-state index contributed by atoms with van der Waals surface area (Å²) in [6, 6.07) is 13.9. The number of pyridine rings is 1. The number of H-pyrrole nitrogens is 1. The Kier molecular flexibility index (Phi) is 3.24. The number of hydrogen-bond donors (Lipinski definition) is 1. The molecule has 1 aromatic carbocycles. The van der Waals surface area contributed by atoms with Gasteiger partial charge in [-0.3, -0.25) is 4.98 Å². The third-order valence-electron chi connectivity index (χ3n) is 3.67. The first-order valence-corrected chi connectivity index (χ1v) is 7.24. The van der Waals surface area contributed by atoms with Crippen molar-refractivity contribution in [3.05, 3.63) is 61.1 Å². The zero-order valence-electron chi connectivity index (χ0n) is 12.5. The summed E-state index contributed by atoms with van der Waals surface area (Å²) < 4.78 is 5.22.